The molecule has 2 aliphatic heterocycles. The molecule has 0 bridgehead atoms. The summed E-state index contributed by atoms with van der Waals surface area (Å²) in [6.45, 7) is 11.1. The third-order valence-electron chi connectivity index (χ3n) is 5.66. The Morgan fingerprint density at radius 2 is 1.79 bits per heavy atom. The Labute approximate surface area is 174 Å². The van der Waals surface area contributed by atoms with Crippen molar-refractivity contribution >= 4 is 15.9 Å². The Hall–Kier alpha value is -1.48. The maximum Gasteiger partial charge on any atom is 0.243 e. The predicted molar refractivity (Wildman–Crippen MR) is 112 cm³/mol. The van der Waals surface area contributed by atoms with Crippen LogP contribution < -0.4 is 5.32 Å². The van der Waals surface area contributed by atoms with E-state index in [4.69, 9.17) is 4.74 Å². The highest BCUT2D eigenvalue weighted by Gasteiger charge is 2.39. The fraction of sp³-hybridized carbons (Fsp3) is 0.667. The molecule has 0 unspecified atom stereocenters. The van der Waals surface area contributed by atoms with Crippen LogP contribution in [0.2, 0.25) is 0 Å². The lowest BCUT2D eigenvalue weighted by Crippen LogP contribution is -2.48. The molecule has 1 aromatic carbocycles. The summed E-state index contributed by atoms with van der Waals surface area (Å²) in [5.41, 5.74) is 1.04. The molecule has 162 valence electrons. The number of nitrogens with zero attached hydrogens (tertiary/aromatic N) is 2. The zero-order chi connectivity index (χ0) is 21.1. The first-order valence-corrected chi connectivity index (χ1v) is 11.8. The van der Waals surface area contributed by atoms with Crippen LogP contribution >= 0.6 is 0 Å². The molecular weight excluding hydrogens is 390 g/mol. The summed E-state index contributed by atoms with van der Waals surface area (Å²) >= 11 is 0. The van der Waals surface area contributed by atoms with E-state index in [1.165, 1.54) is 4.31 Å². The number of amides is 1. The molecule has 2 fully saturated rings. The molecule has 1 atom stereocenters. The van der Waals surface area contributed by atoms with Crippen LogP contribution in [0.25, 0.3) is 0 Å². The first-order valence-electron chi connectivity index (χ1n) is 10.4. The quantitative estimate of drug-likeness (QED) is 0.752. The van der Waals surface area contributed by atoms with E-state index in [1.54, 1.807) is 12.1 Å². The molecule has 7 nitrogen and oxygen atoms in total. The molecule has 29 heavy (non-hydrogen) atoms. The molecule has 2 saturated heterocycles. The number of morpholine rings is 1. The number of hydrogen-bond donors (Lipinski definition) is 1. The normalized spacial score (nSPS) is 22.0. The van der Waals surface area contributed by atoms with E-state index in [2.05, 4.69) is 31.0 Å². The Balaban J connectivity index is 1.63. The molecule has 0 aromatic heterocycles. The second-order valence-electron chi connectivity index (χ2n) is 8.79. The Morgan fingerprint density at radius 1 is 1.14 bits per heavy atom. The van der Waals surface area contributed by atoms with Crippen molar-refractivity contribution in [1.82, 2.24) is 14.5 Å². The lowest BCUT2D eigenvalue weighted by molar-refractivity contribution is -0.124. The average molecular weight is 424 g/mol. The topological polar surface area (TPSA) is 79.0 Å². The number of carbonyl (C=O) groups is 1. The molecule has 2 heterocycles. The number of ether oxygens (including phenoxy) is 1. The van der Waals surface area contributed by atoms with Crippen LogP contribution in [0.15, 0.2) is 29.2 Å². The lowest BCUT2D eigenvalue weighted by atomic mass is 9.87. The molecule has 0 radical (unpaired) electrons. The van der Waals surface area contributed by atoms with Gasteiger partial charge in [0.15, 0.2) is 0 Å². The fourth-order valence-electron chi connectivity index (χ4n) is 3.83. The van der Waals surface area contributed by atoms with Crippen molar-refractivity contribution in [1.29, 1.82) is 0 Å². The summed E-state index contributed by atoms with van der Waals surface area (Å²) in [6, 6.07) is 6.40. The van der Waals surface area contributed by atoms with Gasteiger partial charge in [-0.2, -0.15) is 4.31 Å². The van der Waals surface area contributed by atoms with E-state index in [0.717, 1.165) is 38.4 Å². The minimum Gasteiger partial charge on any atom is -0.379 e. The average Bonchev–Trinajstić information content (AvgIpc) is 3.19. The van der Waals surface area contributed by atoms with Gasteiger partial charge >= 0.3 is 0 Å². The fourth-order valence-corrected chi connectivity index (χ4v) is 5.49. The van der Waals surface area contributed by atoms with Crippen molar-refractivity contribution in [3.63, 3.8) is 0 Å². The van der Waals surface area contributed by atoms with Gasteiger partial charge in [-0.3, -0.25) is 9.69 Å². The monoisotopic (exact) mass is 423 g/mol. The molecular formula is C21H33N3O4S. The summed E-state index contributed by atoms with van der Waals surface area (Å²) in [5.74, 6) is -0.203. The number of rotatable bonds is 6. The van der Waals surface area contributed by atoms with Gasteiger partial charge in [-0.05, 0) is 36.0 Å². The van der Waals surface area contributed by atoms with Gasteiger partial charge in [-0.15, -0.1) is 0 Å². The van der Waals surface area contributed by atoms with E-state index in [9.17, 15) is 13.2 Å². The number of hydrogen-bond acceptors (Lipinski definition) is 5. The van der Waals surface area contributed by atoms with Crippen molar-refractivity contribution in [3.8, 4) is 0 Å². The first-order chi connectivity index (χ1) is 13.7. The third kappa shape index (κ3) is 5.36. The number of carbonyl (C=O) groups excluding carboxylic acids is 1. The van der Waals surface area contributed by atoms with E-state index in [1.807, 2.05) is 12.1 Å². The van der Waals surface area contributed by atoms with Gasteiger partial charge < -0.3 is 10.1 Å². The summed E-state index contributed by atoms with van der Waals surface area (Å²) in [5, 5.41) is 2.93. The number of benzene rings is 1. The minimum atomic E-state index is -3.70. The van der Waals surface area contributed by atoms with E-state index >= 15 is 0 Å². The van der Waals surface area contributed by atoms with Crippen LogP contribution in [-0.4, -0.2) is 75.5 Å². The van der Waals surface area contributed by atoms with Crippen molar-refractivity contribution in [2.45, 2.75) is 50.0 Å². The maximum atomic E-state index is 13.2. The first kappa shape index (κ1) is 22.2. The molecule has 0 aliphatic carbocycles. The lowest BCUT2D eigenvalue weighted by Gasteiger charge is -2.27. The summed E-state index contributed by atoms with van der Waals surface area (Å²) < 4.78 is 33.0. The summed E-state index contributed by atoms with van der Waals surface area (Å²) in [7, 11) is -3.70. The van der Waals surface area contributed by atoms with Gasteiger partial charge in [0.2, 0.25) is 15.9 Å². The SMILES string of the molecule is CC(C)(C)c1ccc(S(=O)(=O)N2CCC[C@H]2C(=O)NCCN2CCOCC2)cc1. The molecule has 3 rings (SSSR count). The van der Waals surface area contributed by atoms with Gasteiger partial charge in [0.05, 0.1) is 18.1 Å². The zero-order valence-electron chi connectivity index (χ0n) is 17.7. The minimum absolute atomic E-state index is 0.0428. The molecule has 8 heteroatoms. The van der Waals surface area contributed by atoms with Crippen LogP contribution in [0, 0.1) is 0 Å². The summed E-state index contributed by atoms with van der Waals surface area (Å²) in [4.78, 5) is 15.2. The maximum absolute atomic E-state index is 13.2. The Kier molecular flexibility index (Phi) is 6.98. The smallest absolute Gasteiger partial charge is 0.243 e. The molecule has 0 spiro atoms. The van der Waals surface area contributed by atoms with E-state index in [0.29, 0.717) is 25.9 Å². The van der Waals surface area contributed by atoms with Crippen LogP contribution in [0.5, 0.6) is 0 Å². The molecule has 0 saturated carbocycles. The van der Waals surface area contributed by atoms with Crippen molar-refractivity contribution in [3.05, 3.63) is 29.8 Å². The van der Waals surface area contributed by atoms with Crippen LogP contribution in [0.4, 0.5) is 0 Å². The number of nitrogens with one attached hydrogen (secondary N) is 1. The van der Waals surface area contributed by atoms with Gasteiger partial charge in [-0.1, -0.05) is 32.9 Å². The molecule has 2 aliphatic rings. The molecule has 1 N–H and O–H groups in total. The van der Waals surface area contributed by atoms with E-state index in [-0.39, 0.29) is 16.2 Å². The van der Waals surface area contributed by atoms with Crippen LogP contribution in [0.3, 0.4) is 0 Å². The van der Waals surface area contributed by atoms with Crippen LogP contribution in [-0.2, 0) is 25.0 Å². The van der Waals surface area contributed by atoms with Crippen molar-refractivity contribution < 1.29 is 17.9 Å². The summed E-state index contributed by atoms with van der Waals surface area (Å²) in [6.07, 6.45) is 1.25. The van der Waals surface area contributed by atoms with Gasteiger partial charge in [0.25, 0.3) is 0 Å². The molecule has 1 aromatic rings. The van der Waals surface area contributed by atoms with Gasteiger partial charge in [0.1, 0.15) is 6.04 Å². The Bertz CT molecular complexity index is 796. The third-order valence-corrected chi connectivity index (χ3v) is 7.59. The highest BCUT2D eigenvalue weighted by Crippen LogP contribution is 2.28. The second kappa shape index (κ2) is 9.12. The van der Waals surface area contributed by atoms with Crippen LogP contribution in [0.1, 0.15) is 39.2 Å². The Morgan fingerprint density at radius 3 is 2.41 bits per heavy atom. The predicted octanol–water partition coefficient (Wildman–Crippen LogP) is 1.59. The molecule has 1 amide bonds. The number of sulfonamides is 1. The zero-order valence-corrected chi connectivity index (χ0v) is 18.5. The highest BCUT2D eigenvalue weighted by molar-refractivity contribution is 7.89. The van der Waals surface area contributed by atoms with Gasteiger partial charge in [0, 0.05) is 32.7 Å². The van der Waals surface area contributed by atoms with E-state index < -0.39 is 16.1 Å². The van der Waals surface area contributed by atoms with Crippen molar-refractivity contribution in [2.75, 3.05) is 45.9 Å². The standard InChI is InChI=1S/C21H33N3O4S/c1-21(2,3)17-6-8-18(9-7-17)29(26,27)24-11-4-5-19(24)20(25)22-10-12-23-13-15-28-16-14-23/h6-9,19H,4-5,10-16H2,1-3H3,(H,22,25)/t19-/m0/s1. The van der Waals surface area contributed by atoms with Crippen molar-refractivity contribution in [2.24, 2.45) is 0 Å². The van der Waals surface area contributed by atoms with Gasteiger partial charge in [-0.25, -0.2) is 8.42 Å². The highest BCUT2D eigenvalue weighted by atomic mass is 32.2. The second-order valence-corrected chi connectivity index (χ2v) is 10.7. The largest absolute Gasteiger partial charge is 0.379 e.